The van der Waals surface area contributed by atoms with Crippen molar-refractivity contribution in [2.75, 3.05) is 12.8 Å². The topological polar surface area (TPSA) is 66.0 Å². The molecule has 2 aromatic rings. The van der Waals surface area contributed by atoms with Crippen LogP contribution >= 0.6 is 0 Å². The molecule has 0 bridgehead atoms. The summed E-state index contributed by atoms with van der Waals surface area (Å²) >= 11 is 0. The zero-order chi connectivity index (χ0) is 9.97. The molecule has 1 heterocycles. The van der Waals surface area contributed by atoms with E-state index in [1.54, 1.807) is 18.0 Å². The maximum Gasteiger partial charge on any atom is 0.253 e. The minimum atomic E-state index is 0.488. The predicted octanol–water partition coefficient (Wildman–Crippen LogP) is 0.858. The fraction of sp³-hybridized carbons (Fsp3) is 0.111. The second-order valence-electron chi connectivity index (χ2n) is 2.80. The molecule has 1 aromatic carbocycles. The van der Waals surface area contributed by atoms with Crippen LogP contribution in [0.15, 0.2) is 30.5 Å². The predicted molar refractivity (Wildman–Crippen MR) is 52.3 cm³/mol. The first-order valence-corrected chi connectivity index (χ1v) is 4.12. The van der Waals surface area contributed by atoms with Gasteiger partial charge in [0.05, 0.1) is 19.0 Å². The Kier molecular flexibility index (Phi) is 2.06. The summed E-state index contributed by atoms with van der Waals surface area (Å²) in [5.74, 6) is 0.488. The van der Waals surface area contributed by atoms with E-state index in [2.05, 4.69) is 10.3 Å². The summed E-state index contributed by atoms with van der Waals surface area (Å²) in [5.41, 5.74) is 7.19. The number of hydrogen-bond donors (Lipinski definition) is 1. The Balaban J connectivity index is 2.34. The molecule has 0 atom stereocenters. The smallest absolute Gasteiger partial charge is 0.253 e. The van der Waals surface area contributed by atoms with Crippen molar-refractivity contribution < 1.29 is 4.74 Å². The summed E-state index contributed by atoms with van der Waals surface area (Å²) in [6.07, 6.45) is 1.70. The highest BCUT2D eigenvalue weighted by Crippen LogP contribution is 2.11. The van der Waals surface area contributed by atoms with E-state index in [9.17, 15) is 0 Å². The molecule has 0 spiro atoms. The number of benzene rings is 1. The molecule has 72 valence electrons. The van der Waals surface area contributed by atoms with Gasteiger partial charge < -0.3 is 10.5 Å². The monoisotopic (exact) mass is 190 g/mol. The van der Waals surface area contributed by atoms with Crippen molar-refractivity contribution in [2.24, 2.45) is 0 Å². The molecule has 2 N–H and O–H groups in total. The molecule has 0 unspecified atom stereocenters. The average Bonchev–Trinajstić information content (AvgIpc) is 2.67. The van der Waals surface area contributed by atoms with Crippen molar-refractivity contribution in [2.45, 2.75) is 0 Å². The van der Waals surface area contributed by atoms with E-state index >= 15 is 0 Å². The van der Waals surface area contributed by atoms with Crippen molar-refractivity contribution in [1.82, 2.24) is 15.0 Å². The van der Waals surface area contributed by atoms with Crippen LogP contribution in [0.3, 0.4) is 0 Å². The molecule has 0 aliphatic carbocycles. The number of ether oxygens (including phenoxy) is 1. The van der Waals surface area contributed by atoms with Gasteiger partial charge >= 0.3 is 0 Å². The van der Waals surface area contributed by atoms with Crippen LogP contribution in [-0.2, 0) is 0 Å². The van der Waals surface area contributed by atoms with Gasteiger partial charge in [-0.25, -0.2) is 4.68 Å². The van der Waals surface area contributed by atoms with E-state index in [0.717, 1.165) is 11.4 Å². The Hall–Kier alpha value is -2.04. The van der Waals surface area contributed by atoms with Crippen LogP contribution in [0.2, 0.25) is 0 Å². The second-order valence-corrected chi connectivity index (χ2v) is 2.80. The number of methoxy groups -OCH3 is 1. The number of aromatic nitrogens is 3. The number of nitrogens with two attached hydrogens (primary N) is 1. The minimum absolute atomic E-state index is 0.488. The lowest BCUT2D eigenvalue weighted by molar-refractivity contribution is 0.397. The maximum absolute atomic E-state index is 5.57. The largest absolute Gasteiger partial charge is 0.479 e. The fourth-order valence-electron chi connectivity index (χ4n) is 1.10. The van der Waals surface area contributed by atoms with E-state index in [1.807, 2.05) is 24.3 Å². The van der Waals surface area contributed by atoms with Crippen molar-refractivity contribution in [3.8, 4) is 11.6 Å². The van der Waals surface area contributed by atoms with Gasteiger partial charge in [-0.1, -0.05) is 10.3 Å². The first-order chi connectivity index (χ1) is 6.79. The normalized spacial score (nSPS) is 10.1. The van der Waals surface area contributed by atoms with Crippen LogP contribution in [0.5, 0.6) is 5.88 Å². The number of rotatable bonds is 2. The highest BCUT2D eigenvalue weighted by atomic mass is 16.5. The van der Waals surface area contributed by atoms with E-state index in [0.29, 0.717) is 5.88 Å². The standard InChI is InChI=1S/C9H10N4O/c1-14-9-6-13(12-11-9)8-4-2-7(10)3-5-8/h2-6H,10H2,1H3. The molecule has 0 aliphatic heterocycles. The zero-order valence-corrected chi connectivity index (χ0v) is 7.71. The van der Waals surface area contributed by atoms with Gasteiger partial charge in [0, 0.05) is 5.69 Å². The van der Waals surface area contributed by atoms with E-state index < -0.39 is 0 Å². The SMILES string of the molecule is COc1cn(-c2ccc(N)cc2)nn1. The first-order valence-electron chi connectivity index (χ1n) is 4.12. The maximum atomic E-state index is 5.57. The fourth-order valence-corrected chi connectivity index (χ4v) is 1.10. The van der Waals surface area contributed by atoms with Crippen molar-refractivity contribution in [3.63, 3.8) is 0 Å². The third-order valence-electron chi connectivity index (χ3n) is 1.84. The van der Waals surface area contributed by atoms with Gasteiger partial charge in [-0.15, -0.1) is 0 Å². The highest BCUT2D eigenvalue weighted by Gasteiger charge is 2.01. The molecule has 0 aliphatic rings. The molecule has 14 heavy (non-hydrogen) atoms. The second kappa shape index (κ2) is 3.37. The van der Waals surface area contributed by atoms with Crippen LogP contribution in [0.4, 0.5) is 5.69 Å². The van der Waals surface area contributed by atoms with Gasteiger partial charge in [0.15, 0.2) is 0 Å². The van der Waals surface area contributed by atoms with Gasteiger partial charge in [0.2, 0.25) is 0 Å². The number of anilines is 1. The van der Waals surface area contributed by atoms with E-state index in [1.165, 1.54) is 0 Å². The summed E-state index contributed by atoms with van der Waals surface area (Å²) in [6.45, 7) is 0. The lowest BCUT2D eigenvalue weighted by Crippen LogP contribution is -1.95. The first kappa shape index (κ1) is 8.55. The van der Waals surface area contributed by atoms with Crippen molar-refractivity contribution in [1.29, 1.82) is 0 Å². The van der Waals surface area contributed by atoms with Gasteiger partial charge in [0.1, 0.15) is 0 Å². The van der Waals surface area contributed by atoms with E-state index in [-0.39, 0.29) is 0 Å². The molecular weight excluding hydrogens is 180 g/mol. The average molecular weight is 190 g/mol. The van der Waals surface area contributed by atoms with Crippen molar-refractivity contribution >= 4 is 5.69 Å². The Labute approximate surface area is 81.1 Å². The number of nitrogens with zero attached hydrogens (tertiary/aromatic N) is 3. The lowest BCUT2D eigenvalue weighted by Gasteiger charge is -1.99. The number of nitrogen functional groups attached to an aromatic ring is 1. The van der Waals surface area contributed by atoms with Crippen LogP contribution in [0.1, 0.15) is 0 Å². The van der Waals surface area contributed by atoms with Gasteiger partial charge in [-0.05, 0) is 24.3 Å². The molecule has 0 amide bonds. The third kappa shape index (κ3) is 1.52. The van der Waals surface area contributed by atoms with Crippen molar-refractivity contribution in [3.05, 3.63) is 30.5 Å². The lowest BCUT2D eigenvalue weighted by atomic mass is 10.3. The molecule has 5 nitrogen and oxygen atoms in total. The number of hydrogen-bond acceptors (Lipinski definition) is 4. The van der Waals surface area contributed by atoms with Crippen LogP contribution in [0, 0.1) is 0 Å². The van der Waals surface area contributed by atoms with Crippen LogP contribution < -0.4 is 10.5 Å². The Morgan fingerprint density at radius 2 is 2.00 bits per heavy atom. The summed E-state index contributed by atoms with van der Waals surface area (Å²) in [7, 11) is 1.55. The van der Waals surface area contributed by atoms with Crippen LogP contribution in [-0.4, -0.2) is 22.1 Å². The molecule has 1 aromatic heterocycles. The molecule has 0 saturated heterocycles. The van der Waals surface area contributed by atoms with E-state index in [4.69, 9.17) is 10.5 Å². The molecule has 0 radical (unpaired) electrons. The Morgan fingerprint density at radius 3 is 2.57 bits per heavy atom. The molecule has 0 saturated carbocycles. The Bertz CT molecular complexity index is 421. The molecule has 5 heteroatoms. The highest BCUT2D eigenvalue weighted by molar-refractivity contribution is 5.44. The molecule has 0 fully saturated rings. The van der Waals surface area contributed by atoms with Crippen LogP contribution in [0.25, 0.3) is 5.69 Å². The van der Waals surface area contributed by atoms with Gasteiger partial charge in [-0.2, -0.15) is 0 Å². The molecule has 2 rings (SSSR count). The quantitative estimate of drug-likeness (QED) is 0.713. The summed E-state index contributed by atoms with van der Waals surface area (Å²) in [4.78, 5) is 0. The zero-order valence-electron chi connectivity index (χ0n) is 7.71. The van der Waals surface area contributed by atoms with Gasteiger partial charge in [0.25, 0.3) is 5.88 Å². The summed E-state index contributed by atoms with van der Waals surface area (Å²) in [6, 6.07) is 7.35. The minimum Gasteiger partial charge on any atom is -0.479 e. The summed E-state index contributed by atoms with van der Waals surface area (Å²) < 4.78 is 6.54. The summed E-state index contributed by atoms with van der Waals surface area (Å²) in [5, 5.41) is 7.68. The molecular formula is C9H10N4O. The van der Waals surface area contributed by atoms with Gasteiger partial charge in [-0.3, -0.25) is 0 Å². The third-order valence-corrected chi connectivity index (χ3v) is 1.84. The Morgan fingerprint density at radius 1 is 1.29 bits per heavy atom.